The number of nitrogens with one attached hydrogen (secondary N) is 1. The summed E-state index contributed by atoms with van der Waals surface area (Å²) in [5.74, 6) is -1.96. The van der Waals surface area contributed by atoms with Gasteiger partial charge >= 0.3 is 5.97 Å². The lowest BCUT2D eigenvalue weighted by atomic mass is 10.3. The second-order valence-electron chi connectivity index (χ2n) is 3.69. The molecule has 0 amide bonds. The summed E-state index contributed by atoms with van der Waals surface area (Å²) in [6.45, 7) is 0. The number of H-pyrrole nitrogens is 1. The Morgan fingerprint density at radius 3 is 2.90 bits per heavy atom. The molecule has 0 aliphatic heterocycles. The lowest BCUT2D eigenvalue weighted by Crippen LogP contribution is -2.02. The number of aromatic carboxylic acids is 1. The number of aromatic amines is 1. The smallest absolute Gasteiger partial charge is 0.338 e. The third-order valence-electron chi connectivity index (χ3n) is 2.43. The van der Waals surface area contributed by atoms with E-state index in [9.17, 15) is 9.18 Å². The van der Waals surface area contributed by atoms with Crippen LogP contribution in [0.5, 0.6) is 0 Å². The number of nitrogens with zero attached hydrogens (tertiary/aromatic N) is 4. The minimum atomic E-state index is -1.26. The number of hydrogen-bond donors (Lipinski definition) is 2. The fourth-order valence-corrected chi connectivity index (χ4v) is 2.47. The van der Waals surface area contributed by atoms with Crippen LogP contribution >= 0.6 is 11.8 Å². The van der Waals surface area contributed by atoms with Crippen LogP contribution in [0, 0.1) is 5.82 Å². The van der Waals surface area contributed by atoms with Crippen molar-refractivity contribution in [2.24, 2.45) is 0 Å². The van der Waals surface area contributed by atoms with E-state index in [0.717, 1.165) is 24.0 Å². The van der Waals surface area contributed by atoms with E-state index < -0.39 is 11.8 Å². The predicted octanol–water partition coefficient (Wildman–Crippen LogP) is 1.74. The van der Waals surface area contributed by atoms with E-state index in [1.165, 1.54) is 12.7 Å². The number of fused-ring (bicyclic) bond motifs is 1. The molecule has 0 atom stereocenters. The Labute approximate surface area is 115 Å². The van der Waals surface area contributed by atoms with E-state index >= 15 is 0 Å². The molecule has 7 nitrogen and oxygen atoms in total. The first-order valence-electron chi connectivity index (χ1n) is 5.36. The van der Waals surface area contributed by atoms with E-state index in [2.05, 4.69) is 24.9 Å². The van der Waals surface area contributed by atoms with Crippen LogP contribution in [-0.4, -0.2) is 36.0 Å². The molecule has 0 unspecified atom stereocenters. The third kappa shape index (κ3) is 2.18. The highest BCUT2D eigenvalue weighted by Gasteiger charge is 2.16. The number of carboxylic acid groups (broad SMARTS) is 1. The highest BCUT2D eigenvalue weighted by Crippen LogP contribution is 2.30. The minimum absolute atomic E-state index is 0.147. The summed E-state index contributed by atoms with van der Waals surface area (Å²) in [6, 6.07) is 0.920. The summed E-state index contributed by atoms with van der Waals surface area (Å²) < 4.78 is 13.1. The molecule has 0 spiro atoms. The summed E-state index contributed by atoms with van der Waals surface area (Å²) in [5, 5.41) is 9.68. The van der Waals surface area contributed by atoms with E-state index in [4.69, 9.17) is 5.11 Å². The number of halogens is 1. The Bertz CT molecular complexity index is 806. The van der Waals surface area contributed by atoms with Gasteiger partial charge in [0.05, 0.1) is 18.1 Å². The summed E-state index contributed by atoms with van der Waals surface area (Å²) >= 11 is 1.00. The number of aromatic nitrogens is 5. The topological polar surface area (TPSA) is 105 Å². The first kappa shape index (κ1) is 12.5. The van der Waals surface area contributed by atoms with Gasteiger partial charge in [0, 0.05) is 0 Å². The summed E-state index contributed by atoms with van der Waals surface area (Å²) in [4.78, 5) is 29.7. The van der Waals surface area contributed by atoms with Crippen molar-refractivity contribution in [3.05, 3.63) is 36.3 Å². The molecule has 9 heteroatoms. The van der Waals surface area contributed by atoms with Crippen molar-refractivity contribution in [2.75, 3.05) is 0 Å². The van der Waals surface area contributed by atoms with Gasteiger partial charge in [-0.1, -0.05) is 0 Å². The summed E-state index contributed by atoms with van der Waals surface area (Å²) in [7, 11) is 0. The Morgan fingerprint density at radius 1 is 1.25 bits per heavy atom. The number of imidazole rings is 1. The minimum Gasteiger partial charge on any atom is -0.478 e. The largest absolute Gasteiger partial charge is 0.478 e. The van der Waals surface area contributed by atoms with Gasteiger partial charge in [-0.15, -0.1) is 0 Å². The Morgan fingerprint density at radius 2 is 2.10 bits per heavy atom. The number of hydrogen-bond acceptors (Lipinski definition) is 6. The number of rotatable bonds is 3. The molecule has 0 bridgehead atoms. The number of carboxylic acids is 1. The van der Waals surface area contributed by atoms with Gasteiger partial charge in [-0.05, 0) is 17.8 Å². The first-order valence-corrected chi connectivity index (χ1v) is 6.17. The summed E-state index contributed by atoms with van der Waals surface area (Å²) in [6.07, 6.45) is 3.73. The zero-order chi connectivity index (χ0) is 14.1. The maximum atomic E-state index is 13.1. The maximum absolute atomic E-state index is 13.1. The fraction of sp³-hybridized carbons (Fsp3) is 0. The van der Waals surface area contributed by atoms with Crippen LogP contribution in [0.25, 0.3) is 11.2 Å². The zero-order valence-electron chi connectivity index (χ0n) is 9.74. The maximum Gasteiger partial charge on any atom is 0.338 e. The van der Waals surface area contributed by atoms with Crippen LogP contribution < -0.4 is 0 Å². The van der Waals surface area contributed by atoms with Crippen molar-refractivity contribution in [3.63, 3.8) is 0 Å². The molecular weight excluding hydrogens is 285 g/mol. The van der Waals surface area contributed by atoms with Crippen LogP contribution in [0.3, 0.4) is 0 Å². The molecular formula is C11H6FN5O2S. The molecule has 0 saturated heterocycles. The zero-order valence-corrected chi connectivity index (χ0v) is 10.6. The third-order valence-corrected chi connectivity index (χ3v) is 3.45. The number of pyridine rings is 1. The Hall–Kier alpha value is -2.55. The first-order chi connectivity index (χ1) is 9.65. The standard InChI is InChI=1S/C11H6FN5O2S/c12-5-1-6(11(18)19)9(13-2-5)20-10-7-8(15-3-14-7)16-4-17-10/h1-4H,(H,18,19)(H,14,15,16,17). The highest BCUT2D eigenvalue weighted by atomic mass is 32.2. The molecule has 3 aromatic heterocycles. The SMILES string of the molecule is O=C(O)c1cc(F)cnc1Sc1ncnc2nc[nH]c12. The summed E-state index contributed by atoms with van der Waals surface area (Å²) in [5.41, 5.74) is 0.808. The molecule has 0 radical (unpaired) electrons. The van der Waals surface area contributed by atoms with E-state index in [0.29, 0.717) is 16.2 Å². The Balaban J connectivity index is 2.07. The van der Waals surface area contributed by atoms with Gasteiger partial charge in [0.25, 0.3) is 0 Å². The molecule has 0 aromatic carbocycles. The Kier molecular flexibility index (Phi) is 3.03. The van der Waals surface area contributed by atoms with Crippen LogP contribution in [0.4, 0.5) is 4.39 Å². The van der Waals surface area contributed by atoms with Gasteiger partial charge in [0.2, 0.25) is 0 Å². The van der Waals surface area contributed by atoms with Crippen molar-refractivity contribution in [2.45, 2.75) is 10.1 Å². The fourth-order valence-electron chi connectivity index (χ4n) is 1.57. The molecule has 0 aliphatic carbocycles. The van der Waals surface area contributed by atoms with Crippen LogP contribution in [0.1, 0.15) is 10.4 Å². The molecule has 0 saturated carbocycles. The average Bonchev–Trinajstić information content (AvgIpc) is 2.90. The van der Waals surface area contributed by atoms with Crippen LogP contribution in [0.2, 0.25) is 0 Å². The predicted molar refractivity (Wildman–Crippen MR) is 67.0 cm³/mol. The van der Waals surface area contributed by atoms with Crippen molar-refractivity contribution in [3.8, 4) is 0 Å². The van der Waals surface area contributed by atoms with Crippen LogP contribution in [-0.2, 0) is 0 Å². The van der Waals surface area contributed by atoms with Crippen molar-refractivity contribution >= 4 is 28.9 Å². The normalized spacial score (nSPS) is 10.8. The second kappa shape index (κ2) is 4.85. The number of carbonyl (C=O) groups is 1. The van der Waals surface area contributed by atoms with Crippen molar-refractivity contribution in [1.29, 1.82) is 0 Å². The van der Waals surface area contributed by atoms with Gasteiger partial charge in [-0.25, -0.2) is 29.1 Å². The van der Waals surface area contributed by atoms with Crippen molar-refractivity contribution < 1.29 is 14.3 Å². The van der Waals surface area contributed by atoms with Crippen molar-refractivity contribution in [1.82, 2.24) is 24.9 Å². The molecule has 0 fully saturated rings. The molecule has 3 rings (SSSR count). The molecule has 20 heavy (non-hydrogen) atoms. The van der Waals surface area contributed by atoms with E-state index in [1.807, 2.05) is 0 Å². The lowest BCUT2D eigenvalue weighted by molar-refractivity contribution is 0.0691. The highest BCUT2D eigenvalue weighted by molar-refractivity contribution is 7.99. The van der Waals surface area contributed by atoms with Gasteiger partial charge in [-0.2, -0.15) is 0 Å². The van der Waals surface area contributed by atoms with Gasteiger partial charge in [0.1, 0.15) is 27.7 Å². The monoisotopic (exact) mass is 291 g/mol. The molecule has 100 valence electrons. The average molecular weight is 291 g/mol. The molecule has 3 heterocycles. The van der Waals surface area contributed by atoms with Gasteiger partial charge in [0.15, 0.2) is 5.65 Å². The van der Waals surface area contributed by atoms with Crippen LogP contribution in [0.15, 0.2) is 35.0 Å². The molecule has 3 aromatic rings. The van der Waals surface area contributed by atoms with E-state index in [1.54, 1.807) is 0 Å². The quantitative estimate of drug-likeness (QED) is 0.708. The van der Waals surface area contributed by atoms with E-state index in [-0.39, 0.29) is 10.6 Å². The second-order valence-corrected chi connectivity index (χ2v) is 4.67. The molecule has 2 N–H and O–H groups in total. The molecule has 0 aliphatic rings. The van der Waals surface area contributed by atoms with Gasteiger partial charge in [-0.3, -0.25) is 0 Å². The van der Waals surface area contributed by atoms with Gasteiger partial charge < -0.3 is 10.1 Å². The lowest BCUT2D eigenvalue weighted by Gasteiger charge is -2.04.